The van der Waals surface area contributed by atoms with E-state index in [1.165, 1.54) is 76.5 Å². The van der Waals surface area contributed by atoms with Crippen molar-refractivity contribution in [2.24, 2.45) is 0 Å². The normalized spacial score (nSPS) is 11.5. The highest BCUT2D eigenvalue weighted by Gasteiger charge is 2.21. The average molecular weight is 507 g/mol. The first-order chi connectivity index (χ1) is 19.8. The molecule has 0 unspecified atom stereocenters. The van der Waals surface area contributed by atoms with E-state index in [2.05, 4.69) is 158 Å². The Kier molecular flexibility index (Phi) is 5.24. The molecule has 8 aromatic carbocycles. The van der Waals surface area contributed by atoms with Gasteiger partial charge in [0.25, 0.3) is 0 Å². The van der Waals surface area contributed by atoms with Gasteiger partial charge in [-0.1, -0.05) is 140 Å². The fourth-order valence-electron chi connectivity index (χ4n) is 6.39. The molecule has 0 aliphatic carbocycles. The summed E-state index contributed by atoms with van der Waals surface area (Å²) in [4.78, 5) is 0. The molecule has 186 valence electrons. The Balaban J connectivity index is 1.63. The minimum absolute atomic E-state index is 1.23. The van der Waals surface area contributed by atoms with Crippen molar-refractivity contribution in [1.29, 1.82) is 0 Å². The van der Waals surface area contributed by atoms with Gasteiger partial charge in [-0.3, -0.25) is 0 Å². The molecule has 8 aromatic rings. The SMILES string of the molecule is c1ccc(-c2c(-c3cccc4ccccc34)c(-c3cccc4ccccc34)cc3cc4ccccc4cc23)cc1. The first-order valence-electron chi connectivity index (χ1n) is 13.9. The maximum Gasteiger partial charge on any atom is -0.00139 e. The zero-order chi connectivity index (χ0) is 26.5. The maximum absolute atomic E-state index is 2.42. The lowest BCUT2D eigenvalue weighted by Crippen LogP contribution is -1.95. The lowest BCUT2D eigenvalue weighted by molar-refractivity contribution is 1.62. The zero-order valence-electron chi connectivity index (χ0n) is 22.0. The Morgan fingerprint density at radius 3 is 1.48 bits per heavy atom. The Morgan fingerprint density at radius 1 is 0.250 bits per heavy atom. The lowest BCUT2D eigenvalue weighted by atomic mass is 9.81. The molecule has 0 heteroatoms. The van der Waals surface area contributed by atoms with Crippen molar-refractivity contribution in [1.82, 2.24) is 0 Å². The van der Waals surface area contributed by atoms with E-state index >= 15 is 0 Å². The molecule has 0 N–H and O–H groups in total. The van der Waals surface area contributed by atoms with Crippen molar-refractivity contribution in [3.63, 3.8) is 0 Å². The molecule has 40 heavy (non-hydrogen) atoms. The van der Waals surface area contributed by atoms with Gasteiger partial charge in [-0.05, 0) is 94.7 Å². The summed E-state index contributed by atoms with van der Waals surface area (Å²) < 4.78 is 0. The number of rotatable bonds is 3. The van der Waals surface area contributed by atoms with E-state index in [0.29, 0.717) is 0 Å². The van der Waals surface area contributed by atoms with Crippen LogP contribution in [0, 0.1) is 0 Å². The third-order valence-corrected chi connectivity index (χ3v) is 8.21. The summed E-state index contributed by atoms with van der Waals surface area (Å²) >= 11 is 0. The lowest BCUT2D eigenvalue weighted by Gasteiger charge is -2.22. The molecule has 0 fully saturated rings. The molecule has 0 bridgehead atoms. The van der Waals surface area contributed by atoms with E-state index in [1.54, 1.807) is 0 Å². The zero-order valence-corrected chi connectivity index (χ0v) is 22.0. The number of fused-ring (bicyclic) bond motifs is 4. The van der Waals surface area contributed by atoms with Crippen molar-refractivity contribution in [2.75, 3.05) is 0 Å². The van der Waals surface area contributed by atoms with Crippen LogP contribution in [-0.2, 0) is 0 Å². The van der Waals surface area contributed by atoms with Gasteiger partial charge in [0.2, 0.25) is 0 Å². The predicted octanol–water partition coefficient (Wildman–Crippen LogP) is 11.3. The fraction of sp³-hybridized carbons (Fsp3) is 0. The number of hydrogen-bond donors (Lipinski definition) is 0. The molecule has 0 radical (unpaired) electrons. The quantitative estimate of drug-likeness (QED) is 0.209. The first-order valence-corrected chi connectivity index (χ1v) is 13.9. The summed E-state index contributed by atoms with van der Waals surface area (Å²) in [5.74, 6) is 0. The first kappa shape index (κ1) is 22.8. The van der Waals surface area contributed by atoms with E-state index in [1.807, 2.05) is 0 Å². The molecule has 0 aromatic heterocycles. The van der Waals surface area contributed by atoms with Crippen molar-refractivity contribution in [3.8, 4) is 33.4 Å². The Hall–Kier alpha value is -5.20. The van der Waals surface area contributed by atoms with Crippen LogP contribution in [0.1, 0.15) is 0 Å². The molecule has 0 heterocycles. The monoisotopic (exact) mass is 506 g/mol. The van der Waals surface area contributed by atoms with Crippen LogP contribution in [0.3, 0.4) is 0 Å². The van der Waals surface area contributed by atoms with E-state index in [0.717, 1.165) is 0 Å². The van der Waals surface area contributed by atoms with E-state index < -0.39 is 0 Å². The van der Waals surface area contributed by atoms with E-state index in [4.69, 9.17) is 0 Å². The van der Waals surface area contributed by atoms with Gasteiger partial charge in [0, 0.05) is 0 Å². The van der Waals surface area contributed by atoms with Gasteiger partial charge in [0.1, 0.15) is 0 Å². The van der Waals surface area contributed by atoms with Crippen molar-refractivity contribution in [2.45, 2.75) is 0 Å². The third kappa shape index (κ3) is 3.61. The molecule has 0 nitrogen and oxygen atoms in total. The summed E-state index contributed by atoms with van der Waals surface area (Å²) in [6, 6.07) is 57.7. The van der Waals surface area contributed by atoms with E-state index in [-0.39, 0.29) is 0 Å². The highest BCUT2D eigenvalue weighted by Crippen LogP contribution is 2.48. The van der Waals surface area contributed by atoms with Gasteiger partial charge in [-0.15, -0.1) is 0 Å². The predicted molar refractivity (Wildman–Crippen MR) is 173 cm³/mol. The second kappa shape index (κ2) is 9.22. The minimum atomic E-state index is 1.23. The standard InChI is InChI=1S/C40H26/c1-2-14-29(15-3-1)39-37-25-31-17-5-4-16-30(31)24-32(37)26-38(35-22-10-18-27-12-6-8-20-33(27)35)40(39)36-23-11-19-28-13-7-9-21-34(28)36/h1-26H. The molecular weight excluding hydrogens is 480 g/mol. The van der Waals surface area contributed by atoms with Crippen molar-refractivity contribution < 1.29 is 0 Å². The maximum atomic E-state index is 2.42. The van der Waals surface area contributed by atoms with Gasteiger partial charge in [-0.2, -0.15) is 0 Å². The molecule has 0 atom stereocenters. The summed E-state index contributed by atoms with van der Waals surface area (Å²) in [6.45, 7) is 0. The van der Waals surface area contributed by atoms with Gasteiger partial charge >= 0.3 is 0 Å². The Bertz CT molecular complexity index is 2190. The van der Waals surface area contributed by atoms with Gasteiger partial charge in [0.15, 0.2) is 0 Å². The smallest absolute Gasteiger partial charge is 0.00139 e. The molecular formula is C40H26. The van der Waals surface area contributed by atoms with Crippen LogP contribution >= 0.6 is 0 Å². The molecule has 0 amide bonds. The summed E-state index contributed by atoms with van der Waals surface area (Å²) in [5.41, 5.74) is 7.57. The third-order valence-electron chi connectivity index (χ3n) is 8.21. The summed E-state index contributed by atoms with van der Waals surface area (Å²) in [7, 11) is 0. The van der Waals surface area contributed by atoms with Crippen LogP contribution < -0.4 is 0 Å². The van der Waals surface area contributed by atoms with Crippen LogP contribution in [0.4, 0.5) is 0 Å². The van der Waals surface area contributed by atoms with Gasteiger partial charge in [-0.25, -0.2) is 0 Å². The molecule has 8 rings (SSSR count). The molecule has 0 aliphatic rings. The van der Waals surface area contributed by atoms with Crippen LogP contribution in [0.5, 0.6) is 0 Å². The highest BCUT2D eigenvalue weighted by molar-refractivity contribution is 6.17. The second-order valence-electron chi connectivity index (χ2n) is 10.5. The second-order valence-corrected chi connectivity index (χ2v) is 10.5. The van der Waals surface area contributed by atoms with Crippen LogP contribution in [-0.4, -0.2) is 0 Å². The summed E-state index contributed by atoms with van der Waals surface area (Å²) in [5, 5.41) is 10.1. The summed E-state index contributed by atoms with van der Waals surface area (Å²) in [6.07, 6.45) is 0. The topological polar surface area (TPSA) is 0 Å². The molecule has 0 saturated carbocycles. The van der Waals surface area contributed by atoms with E-state index in [9.17, 15) is 0 Å². The average Bonchev–Trinajstić information content (AvgIpc) is 3.03. The Labute approximate surface area is 233 Å². The fourth-order valence-corrected chi connectivity index (χ4v) is 6.39. The molecule has 0 spiro atoms. The highest BCUT2D eigenvalue weighted by atomic mass is 14.2. The number of benzene rings is 8. The van der Waals surface area contributed by atoms with Crippen molar-refractivity contribution in [3.05, 3.63) is 158 Å². The number of hydrogen-bond acceptors (Lipinski definition) is 0. The molecule has 0 aliphatic heterocycles. The van der Waals surface area contributed by atoms with Crippen molar-refractivity contribution >= 4 is 43.1 Å². The van der Waals surface area contributed by atoms with Gasteiger partial charge in [0.05, 0.1) is 0 Å². The van der Waals surface area contributed by atoms with Crippen LogP contribution in [0.25, 0.3) is 76.5 Å². The van der Waals surface area contributed by atoms with Gasteiger partial charge < -0.3 is 0 Å². The Morgan fingerprint density at radius 2 is 0.775 bits per heavy atom. The minimum Gasteiger partial charge on any atom is -0.0622 e. The van der Waals surface area contributed by atoms with Crippen LogP contribution in [0.15, 0.2) is 158 Å². The molecule has 0 saturated heterocycles. The largest absolute Gasteiger partial charge is 0.0622 e. The van der Waals surface area contributed by atoms with Crippen LogP contribution in [0.2, 0.25) is 0 Å².